The Labute approximate surface area is 135 Å². The molecule has 4 fully saturated rings. The number of hydrogen-bond donors (Lipinski definition) is 1. The molecule has 4 saturated carbocycles. The van der Waals surface area contributed by atoms with Crippen LogP contribution < -0.4 is 5.73 Å². The van der Waals surface area contributed by atoms with Gasteiger partial charge < -0.3 is 5.73 Å². The first-order valence-electron chi connectivity index (χ1n) is 8.38. The number of aromatic nitrogens is 2. The van der Waals surface area contributed by atoms with E-state index < -0.39 is 0 Å². The third-order valence-electron chi connectivity index (χ3n) is 6.02. The molecule has 5 heteroatoms. The minimum absolute atomic E-state index is 0.338. The van der Waals surface area contributed by atoms with Gasteiger partial charge in [-0.1, -0.05) is 18.7 Å². The van der Waals surface area contributed by atoms with Crippen molar-refractivity contribution in [2.45, 2.75) is 62.3 Å². The van der Waals surface area contributed by atoms with E-state index in [1.54, 1.807) is 0 Å². The Kier molecular flexibility index (Phi) is 3.79. The number of hydrogen-bond acceptors (Lipinski definition) is 5. The highest BCUT2D eigenvalue weighted by atomic mass is 32.2. The molecule has 2 N–H and O–H groups in total. The second-order valence-electron chi connectivity index (χ2n) is 7.53. The summed E-state index contributed by atoms with van der Waals surface area (Å²) in [6.07, 6.45) is 9.61. The van der Waals surface area contributed by atoms with Crippen LogP contribution in [0.3, 0.4) is 0 Å². The Hall–Kier alpha value is -0.130. The quantitative estimate of drug-likeness (QED) is 0.839. The lowest BCUT2D eigenvalue weighted by Gasteiger charge is -2.59. The molecule has 1 aromatic rings. The third kappa shape index (κ3) is 2.66. The first-order chi connectivity index (χ1) is 10.2. The van der Waals surface area contributed by atoms with Crippen LogP contribution >= 0.6 is 23.3 Å². The molecule has 4 aliphatic rings. The summed E-state index contributed by atoms with van der Waals surface area (Å²) in [6.45, 7) is 2.11. The lowest BCUT2D eigenvalue weighted by atomic mass is 9.48. The predicted molar refractivity (Wildman–Crippen MR) is 88.6 cm³/mol. The van der Waals surface area contributed by atoms with Crippen molar-refractivity contribution in [2.75, 3.05) is 5.75 Å². The molecule has 4 aliphatic carbocycles. The van der Waals surface area contributed by atoms with Crippen LogP contribution in [0.25, 0.3) is 0 Å². The monoisotopic (exact) mass is 323 g/mol. The van der Waals surface area contributed by atoms with Crippen LogP contribution in [0, 0.1) is 23.2 Å². The highest BCUT2D eigenvalue weighted by molar-refractivity contribution is 8.00. The molecular formula is C16H25N3S2. The zero-order valence-corrected chi connectivity index (χ0v) is 14.4. The molecule has 0 aliphatic heterocycles. The first-order valence-corrected chi connectivity index (χ1v) is 10.1. The summed E-state index contributed by atoms with van der Waals surface area (Å²) in [7, 11) is 0. The summed E-state index contributed by atoms with van der Waals surface area (Å²) < 4.78 is 5.48. The highest BCUT2D eigenvalue weighted by Gasteiger charge is 2.53. The second-order valence-corrected chi connectivity index (χ2v) is 9.55. The standard InChI is InChI=1S/C16H25N3S2/c1-2-14-18-15(21-19-14)20-9-13(17)16-6-10-3-11(7-16)5-12(4-10)8-16/h10-13H,2-9,17H2,1H3. The molecule has 116 valence electrons. The predicted octanol–water partition coefficient (Wildman–Crippen LogP) is 3.74. The maximum Gasteiger partial charge on any atom is 0.170 e. The van der Waals surface area contributed by atoms with Crippen LogP contribution in [0.1, 0.15) is 51.3 Å². The average Bonchev–Trinajstić information content (AvgIpc) is 2.91. The molecule has 1 aromatic heterocycles. The van der Waals surface area contributed by atoms with Crippen molar-refractivity contribution in [1.82, 2.24) is 9.36 Å². The zero-order chi connectivity index (χ0) is 14.4. The Morgan fingerprint density at radius 3 is 2.38 bits per heavy atom. The van der Waals surface area contributed by atoms with E-state index in [1.807, 2.05) is 11.8 Å². The van der Waals surface area contributed by atoms with Crippen molar-refractivity contribution in [3.63, 3.8) is 0 Å². The third-order valence-corrected chi connectivity index (χ3v) is 8.01. The molecule has 4 bridgehead atoms. The van der Waals surface area contributed by atoms with Gasteiger partial charge in [-0.15, -0.1) is 0 Å². The van der Waals surface area contributed by atoms with E-state index in [0.29, 0.717) is 11.5 Å². The zero-order valence-electron chi connectivity index (χ0n) is 12.8. The molecule has 0 spiro atoms. The Bertz CT molecular complexity index is 478. The van der Waals surface area contributed by atoms with Crippen molar-refractivity contribution < 1.29 is 0 Å². The Morgan fingerprint density at radius 2 is 1.86 bits per heavy atom. The van der Waals surface area contributed by atoms with E-state index in [0.717, 1.165) is 40.1 Å². The molecule has 1 unspecified atom stereocenters. The lowest BCUT2D eigenvalue weighted by Crippen LogP contribution is -2.55. The lowest BCUT2D eigenvalue weighted by molar-refractivity contribution is -0.0629. The topological polar surface area (TPSA) is 51.8 Å². The number of nitrogens with two attached hydrogens (primary N) is 1. The van der Waals surface area contributed by atoms with E-state index in [-0.39, 0.29) is 0 Å². The number of rotatable bonds is 5. The fraction of sp³-hybridized carbons (Fsp3) is 0.875. The van der Waals surface area contributed by atoms with Gasteiger partial charge in [-0.25, -0.2) is 4.98 Å². The molecule has 21 heavy (non-hydrogen) atoms. The molecule has 0 saturated heterocycles. The SMILES string of the molecule is CCc1nsc(SCC(N)C23CC4CC(CC(C4)C2)C3)n1. The van der Waals surface area contributed by atoms with Gasteiger partial charge in [-0.3, -0.25) is 0 Å². The van der Waals surface area contributed by atoms with Crippen molar-refractivity contribution in [2.24, 2.45) is 28.9 Å². The maximum absolute atomic E-state index is 6.70. The molecule has 1 heterocycles. The van der Waals surface area contributed by atoms with Gasteiger partial charge in [0.2, 0.25) is 0 Å². The van der Waals surface area contributed by atoms with E-state index >= 15 is 0 Å². The second kappa shape index (κ2) is 5.50. The Morgan fingerprint density at radius 1 is 1.24 bits per heavy atom. The summed E-state index contributed by atoms with van der Waals surface area (Å²) in [5.74, 6) is 4.96. The van der Waals surface area contributed by atoms with Crippen molar-refractivity contribution in [3.05, 3.63) is 5.82 Å². The van der Waals surface area contributed by atoms with E-state index in [9.17, 15) is 0 Å². The van der Waals surface area contributed by atoms with Crippen LogP contribution in [0.15, 0.2) is 4.34 Å². The van der Waals surface area contributed by atoms with Crippen LogP contribution in [0.2, 0.25) is 0 Å². The van der Waals surface area contributed by atoms with Gasteiger partial charge in [0.15, 0.2) is 4.34 Å². The summed E-state index contributed by atoms with van der Waals surface area (Å²) in [5.41, 5.74) is 7.15. The van der Waals surface area contributed by atoms with Crippen molar-refractivity contribution in [3.8, 4) is 0 Å². The normalized spacial score (nSPS) is 38.9. The highest BCUT2D eigenvalue weighted by Crippen LogP contribution is 2.61. The van der Waals surface area contributed by atoms with Gasteiger partial charge in [0, 0.05) is 18.2 Å². The summed E-state index contributed by atoms with van der Waals surface area (Å²) in [4.78, 5) is 4.56. The molecule has 3 nitrogen and oxygen atoms in total. The number of thioether (sulfide) groups is 1. The average molecular weight is 324 g/mol. The first kappa shape index (κ1) is 14.5. The van der Waals surface area contributed by atoms with Gasteiger partial charge >= 0.3 is 0 Å². The minimum Gasteiger partial charge on any atom is -0.326 e. The minimum atomic E-state index is 0.338. The smallest absolute Gasteiger partial charge is 0.170 e. The molecular weight excluding hydrogens is 298 g/mol. The van der Waals surface area contributed by atoms with Gasteiger partial charge in [-0.2, -0.15) is 4.37 Å². The van der Waals surface area contributed by atoms with Crippen molar-refractivity contribution >= 4 is 23.3 Å². The van der Waals surface area contributed by atoms with Gasteiger partial charge in [0.25, 0.3) is 0 Å². The number of nitrogens with zero attached hydrogens (tertiary/aromatic N) is 2. The summed E-state index contributed by atoms with van der Waals surface area (Å²) in [6, 6.07) is 0.338. The van der Waals surface area contributed by atoms with Gasteiger partial charge in [-0.05, 0) is 73.2 Å². The fourth-order valence-corrected chi connectivity index (χ4v) is 7.28. The maximum atomic E-state index is 6.70. The number of aryl methyl sites for hydroxylation is 1. The Balaban J connectivity index is 1.41. The fourth-order valence-electron chi connectivity index (χ4n) is 5.41. The molecule has 0 radical (unpaired) electrons. The van der Waals surface area contributed by atoms with Crippen molar-refractivity contribution in [1.29, 1.82) is 0 Å². The van der Waals surface area contributed by atoms with E-state index in [1.165, 1.54) is 50.1 Å². The van der Waals surface area contributed by atoms with E-state index in [4.69, 9.17) is 5.73 Å². The largest absolute Gasteiger partial charge is 0.326 e. The van der Waals surface area contributed by atoms with Gasteiger partial charge in [0.05, 0.1) is 0 Å². The van der Waals surface area contributed by atoms with Crippen LogP contribution in [-0.4, -0.2) is 21.2 Å². The summed E-state index contributed by atoms with van der Waals surface area (Å²) >= 11 is 3.37. The van der Waals surface area contributed by atoms with Gasteiger partial charge in [0.1, 0.15) is 5.82 Å². The molecule has 0 amide bonds. The van der Waals surface area contributed by atoms with Crippen LogP contribution in [0.5, 0.6) is 0 Å². The van der Waals surface area contributed by atoms with Crippen LogP contribution in [0.4, 0.5) is 0 Å². The van der Waals surface area contributed by atoms with Crippen LogP contribution in [-0.2, 0) is 6.42 Å². The molecule has 5 rings (SSSR count). The molecule has 0 aromatic carbocycles. The molecule has 1 atom stereocenters. The summed E-state index contributed by atoms with van der Waals surface area (Å²) in [5, 5.41) is 0. The van der Waals surface area contributed by atoms with E-state index in [2.05, 4.69) is 16.3 Å².